The number of carbonyl (C=O) groups excluding carboxylic acids is 2. The number of amides is 2. The van der Waals surface area contributed by atoms with Crippen molar-refractivity contribution in [3.63, 3.8) is 0 Å². The van der Waals surface area contributed by atoms with Crippen molar-refractivity contribution < 1.29 is 9.59 Å². The summed E-state index contributed by atoms with van der Waals surface area (Å²) in [5, 5.41) is 2.90. The minimum absolute atomic E-state index is 0.0192. The Kier molecular flexibility index (Phi) is 5.41. The fourth-order valence-corrected chi connectivity index (χ4v) is 4.17. The largest absolute Gasteiger partial charge is 0.353 e. The van der Waals surface area contributed by atoms with Crippen molar-refractivity contribution in [2.75, 3.05) is 13.1 Å². The van der Waals surface area contributed by atoms with Crippen molar-refractivity contribution in [1.29, 1.82) is 0 Å². The van der Waals surface area contributed by atoms with Crippen LogP contribution in [0.25, 0.3) is 0 Å². The third-order valence-corrected chi connectivity index (χ3v) is 5.76. The summed E-state index contributed by atoms with van der Waals surface area (Å²) >= 11 is 0. The van der Waals surface area contributed by atoms with E-state index in [4.69, 9.17) is 0 Å². The molecule has 0 saturated carbocycles. The minimum atomic E-state index is -0.478. The summed E-state index contributed by atoms with van der Waals surface area (Å²) in [6.45, 7) is 3.10. The molecule has 4 unspecified atom stereocenters. The lowest BCUT2D eigenvalue weighted by atomic mass is 9.90. The van der Waals surface area contributed by atoms with Crippen LogP contribution in [-0.4, -0.2) is 41.9 Å². The van der Waals surface area contributed by atoms with Gasteiger partial charge in [0, 0.05) is 25.4 Å². The van der Waals surface area contributed by atoms with E-state index < -0.39 is 6.04 Å². The first kappa shape index (κ1) is 18.7. The number of hydrogen-bond acceptors (Lipinski definition) is 4. The lowest BCUT2D eigenvalue weighted by Gasteiger charge is -2.37. The number of benzene rings is 2. The number of nitrogens with one attached hydrogen (secondary N) is 3. The molecule has 0 bridgehead atoms. The minimum Gasteiger partial charge on any atom is -0.353 e. The molecule has 2 amide bonds. The second kappa shape index (κ2) is 8.12. The highest BCUT2D eigenvalue weighted by molar-refractivity contribution is 5.91. The van der Waals surface area contributed by atoms with Gasteiger partial charge in [-0.3, -0.25) is 9.59 Å². The summed E-state index contributed by atoms with van der Waals surface area (Å²) < 4.78 is 0. The zero-order valence-electron chi connectivity index (χ0n) is 16.0. The molecule has 0 radical (unpaired) electrons. The highest BCUT2D eigenvalue weighted by atomic mass is 16.2. The molecular weight excluding hydrogens is 352 g/mol. The van der Waals surface area contributed by atoms with Crippen LogP contribution in [0.4, 0.5) is 0 Å². The standard InChI is InChI=1S/C22H26N4O2/c1-15-19(17-10-6-3-7-11-17)24-25-20(15)22(28)26-13-12-23-21(27)18(26)14-16-8-4-2-5-9-16/h2-11,15,18-20,24-25H,12-14H2,1H3,(H,23,27). The number of nitrogens with zero attached hydrogens (tertiary/aromatic N) is 1. The molecule has 4 atom stereocenters. The van der Waals surface area contributed by atoms with E-state index in [1.54, 1.807) is 4.90 Å². The van der Waals surface area contributed by atoms with Gasteiger partial charge in [0.05, 0.1) is 6.04 Å². The molecule has 4 rings (SSSR count). The predicted octanol–water partition coefficient (Wildman–Crippen LogP) is 1.41. The van der Waals surface area contributed by atoms with Crippen LogP contribution >= 0.6 is 0 Å². The van der Waals surface area contributed by atoms with Crippen LogP contribution in [0.5, 0.6) is 0 Å². The zero-order chi connectivity index (χ0) is 19.5. The van der Waals surface area contributed by atoms with Gasteiger partial charge in [-0.1, -0.05) is 67.6 Å². The molecule has 2 aliphatic rings. The zero-order valence-corrected chi connectivity index (χ0v) is 16.0. The Morgan fingerprint density at radius 2 is 1.71 bits per heavy atom. The van der Waals surface area contributed by atoms with Crippen molar-refractivity contribution in [2.24, 2.45) is 5.92 Å². The van der Waals surface area contributed by atoms with E-state index in [2.05, 4.69) is 35.2 Å². The molecule has 2 aliphatic heterocycles. The van der Waals surface area contributed by atoms with Gasteiger partial charge in [-0.2, -0.15) is 0 Å². The van der Waals surface area contributed by atoms with Gasteiger partial charge in [0.2, 0.25) is 11.8 Å². The number of piperazine rings is 1. The molecule has 0 aliphatic carbocycles. The second-order valence-electron chi connectivity index (χ2n) is 7.54. The van der Waals surface area contributed by atoms with Gasteiger partial charge in [-0.15, -0.1) is 0 Å². The Balaban J connectivity index is 1.51. The van der Waals surface area contributed by atoms with E-state index >= 15 is 0 Å². The molecule has 2 saturated heterocycles. The molecule has 0 aromatic heterocycles. The van der Waals surface area contributed by atoms with Crippen molar-refractivity contribution in [3.05, 3.63) is 71.8 Å². The van der Waals surface area contributed by atoms with Crippen molar-refractivity contribution in [3.8, 4) is 0 Å². The number of carbonyl (C=O) groups is 2. The average molecular weight is 378 g/mol. The maximum Gasteiger partial charge on any atom is 0.243 e. The Hall–Kier alpha value is -2.70. The third-order valence-electron chi connectivity index (χ3n) is 5.76. The third kappa shape index (κ3) is 3.66. The Bertz CT molecular complexity index is 827. The average Bonchev–Trinajstić information content (AvgIpc) is 3.12. The normalized spacial score (nSPS) is 27.5. The maximum atomic E-state index is 13.4. The van der Waals surface area contributed by atoms with Crippen molar-refractivity contribution in [1.82, 2.24) is 21.1 Å². The van der Waals surface area contributed by atoms with Gasteiger partial charge >= 0.3 is 0 Å². The molecule has 6 nitrogen and oxygen atoms in total. The van der Waals surface area contributed by atoms with Crippen LogP contribution < -0.4 is 16.2 Å². The van der Waals surface area contributed by atoms with E-state index in [0.717, 1.165) is 11.1 Å². The molecule has 3 N–H and O–H groups in total. The van der Waals surface area contributed by atoms with Crippen LogP contribution in [-0.2, 0) is 16.0 Å². The molecule has 0 spiro atoms. The van der Waals surface area contributed by atoms with Crippen LogP contribution in [0.1, 0.15) is 24.1 Å². The molecule has 2 aromatic carbocycles. The smallest absolute Gasteiger partial charge is 0.243 e. The molecule has 28 heavy (non-hydrogen) atoms. The van der Waals surface area contributed by atoms with Crippen LogP contribution in [0.2, 0.25) is 0 Å². The molecule has 2 fully saturated rings. The summed E-state index contributed by atoms with van der Waals surface area (Å²) in [5.41, 5.74) is 8.65. The quantitative estimate of drug-likeness (QED) is 0.752. The maximum absolute atomic E-state index is 13.4. The van der Waals surface area contributed by atoms with Gasteiger partial charge in [0.15, 0.2) is 0 Å². The molecule has 146 valence electrons. The summed E-state index contributed by atoms with van der Waals surface area (Å²) in [4.78, 5) is 27.7. The van der Waals surface area contributed by atoms with Gasteiger partial charge in [-0.25, -0.2) is 10.9 Å². The Labute approximate surface area is 165 Å². The Morgan fingerprint density at radius 1 is 1.04 bits per heavy atom. The summed E-state index contributed by atoms with van der Waals surface area (Å²) in [6, 6.07) is 19.2. The lowest BCUT2D eigenvalue weighted by molar-refractivity contribution is -0.145. The fourth-order valence-electron chi connectivity index (χ4n) is 4.17. The highest BCUT2D eigenvalue weighted by Crippen LogP contribution is 2.29. The van der Waals surface area contributed by atoms with E-state index in [-0.39, 0.29) is 29.8 Å². The SMILES string of the molecule is CC1C(C(=O)N2CCNC(=O)C2Cc2ccccc2)NNC1c1ccccc1. The van der Waals surface area contributed by atoms with Gasteiger partial charge in [-0.05, 0) is 11.1 Å². The predicted molar refractivity (Wildman–Crippen MR) is 107 cm³/mol. The summed E-state index contributed by atoms with van der Waals surface area (Å²) in [6.07, 6.45) is 0.523. The first-order chi connectivity index (χ1) is 13.6. The molecular formula is C22H26N4O2. The van der Waals surface area contributed by atoms with E-state index in [0.29, 0.717) is 19.5 Å². The number of hydrazine groups is 1. The second-order valence-corrected chi connectivity index (χ2v) is 7.54. The number of rotatable bonds is 4. The van der Waals surface area contributed by atoms with E-state index in [1.165, 1.54) is 0 Å². The summed E-state index contributed by atoms with van der Waals surface area (Å²) in [5.74, 6) is -0.0341. The van der Waals surface area contributed by atoms with Crippen LogP contribution in [0, 0.1) is 5.92 Å². The highest BCUT2D eigenvalue weighted by Gasteiger charge is 2.43. The van der Waals surface area contributed by atoms with Crippen LogP contribution in [0.15, 0.2) is 60.7 Å². The van der Waals surface area contributed by atoms with Crippen molar-refractivity contribution in [2.45, 2.75) is 31.5 Å². The van der Waals surface area contributed by atoms with E-state index in [1.807, 2.05) is 48.5 Å². The molecule has 2 heterocycles. The molecule has 2 aromatic rings. The monoisotopic (exact) mass is 378 g/mol. The van der Waals surface area contributed by atoms with Gasteiger partial charge < -0.3 is 10.2 Å². The Morgan fingerprint density at radius 3 is 2.43 bits per heavy atom. The van der Waals surface area contributed by atoms with E-state index in [9.17, 15) is 9.59 Å². The van der Waals surface area contributed by atoms with Crippen molar-refractivity contribution >= 4 is 11.8 Å². The first-order valence-electron chi connectivity index (χ1n) is 9.83. The topological polar surface area (TPSA) is 73.5 Å². The van der Waals surface area contributed by atoms with Crippen LogP contribution in [0.3, 0.4) is 0 Å². The number of hydrogen-bond donors (Lipinski definition) is 3. The fraction of sp³-hybridized carbons (Fsp3) is 0.364. The van der Waals surface area contributed by atoms with Gasteiger partial charge in [0.1, 0.15) is 12.1 Å². The summed E-state index contributed by atoms with van der Waals surface area (Å²) in [7, 11) is 0. The molecule has 6 heteroatoms. The lowest BCUT2D eigenvalue weighted by Crippen LogP contribution is -2.61. The van der Waals surface area contributed by atoms with Gasteiger partial charge in [0.25, 0.3) is 0 Å². The first-order valence-corrected chi connectivity index (χ1v) is 9.83.